The van der Waals surface area contributed by atoms with E-state index in [4.69, 9.17) is 21.1 Å². The van der Waals surface area contributed by atoms with Crippen LogP contribution in [0.5, 0.6) is 0 Å². The number of alkyl halides is 6. The number of rotatable bonds is 4. The Morgan fingerprint density at radius 2 is 1.50 bits per heavy atom. The van der Waals surface area contributed by atoms with Crippen molar-refractivity contribution in [1.29, 1.82) is 0 Å². The highest BCUT2D eigenvalue weighted by Gasteiger charge is 2.46. The Balaban J connectivity index is 2.02. The summed E-state index contributed by atoms with van der Waals surface area (Å²) < 4.78 is 93.7. The number of carboxylic acid groups (broad SMARTS) is 1. The normalized spacial score (nSPS) is 20.8. The molecule has 1 aliphatic heterocycles. The molecule has 1 N–H and O–H groups in total. The Morgan fingerprint density at radius 1 is 0.889 bits per heavy atom. The fourth-order valence-corrected chi connectivity index (χ4v) is 4.38. The molecule has 0 aliphatic carbocycles. The van der Waals surface area contributed by atoms with Gasteiger partial charge in [0.2, 0.25) is 0 Å². The standard InChI is InChI=1S/C25H17ClF6O4/c26-17-9-7-14(8-10-17)20-18(5-2-6-19(20)25(30,31)32)23(12-35-22(21(33)34)36-13-23)15-3-1-4-16(11-15)24(27,28)29/h1-11,22H,12-13H2,(H,33,34). The lowest BCUT2D eigenvalue weighted by Gasteiger charge is -2.41. The van der Waals surface area contributed by atoms with Crippen LogP contribution in [0.3, 0.4) is 0 Å². The summed E-state index contributed by atoms with van der Waals surface area (Å²) in [4.78, 5) is 11.4. The topological polar surface area (TPSA) is 55.8 Å². The van der Waals surface area contributed by atoms with E-state index in [-0.39, 0.29) is 27.3 Å². The monoisotopic (exact) mass is 530 g/mol. The molecule has 0 bridgehead atoms. The molecule has 0 unspecified atom stereocenters. The van der Waals surface area contributed by atoms with Crippen LogP contribution < -0.4 is 0 Å². The SMILES string of the molecule is O=C(O)C1OCC(c2cccc(C(F)(F)F)c2)(c2cccc(C(F)(F)F)c2-c2ccc(Cl)cc2)CO1. The van der Waals surface area contributed by atoms with Crippen molar-refractivity contribution in [3.8, 4) is 11.1 Å². The zero-order valence-electron chi connectivity index (χ0n) is 18.2. The molecular formula is C25H17ClF6O4. The van der Waals surface area contributed by atoms with Gasteiger partial charge in [0.1, 0.15) is 0 Å². The number of carbonyl (C=O) groups is 1. The number of hydrogen-bond donors (Lipinski definition) is 1. The lowest BCUT2D eigenvalue weighted by molar-refractivity contribution is -0.218. The molecule has 3 aromatic carbocycles. The molecule has 4 rings (SSSR count). The molecule has 1 fully saturated rings. The van der Waals surface area contributed by atoms with Gasteiger partial charge in [0.25, 0.3) is 6.29 Å². The number of ether oxygens (including phenoxy) is 2. The van der Waals surface area contributed by atoms with Gasteiger partial charge in [-0.1, -0.05) is 54.1 Å². The quantitative estimate of drug-likeness (QED) is 0.377. The van der Waals surface area contributed by atoms with Crippen molar-refractivity contribution in [2.24, 2.45) is 0 Å². The summed E-state index contributed by atoms with van der Waals surface area (Å²) >= 11 is 5.92. The second kappa shape index (κ2) is 9.42. The molecule has 0 aromatic heterocycles. The maximum absolute atomic E-state index is 14.2. The van der Waals surface area contributed by atoms with Crippen molar-refractivity contribution in [3.63, 3.8) is 0 Å². The largest absolute Gasteiger partial charge is 0.477 e. The lowest BCUT2D eigenvalue weighted by atomic mass is 9.71. The van der Waals surface area contributed by atoms with Gasteiger partial charge in [0.15, 0.2) is 0 Å². The third-order valence-electron chi connectivity index (χ3n) is 5.92. The van der Waals surface area contributed by atoms with E-state index in [0.717, 1.165) is 30.3 Å². The van der Waals surface area contributed by atoms with E-state index in [9.17, 15) is 36.2 Å². The molecule has 0 amide bonds. The minimum Gasteiger partial charge on any atom is -0.477 e. The summed E-state index contributed by atoms with van der Waals surface area (Å²) in [6, 6.07) is 12.9. The van der Waals surface area contributed by atoms with Crippen LogP contribution in [0, 0.1) is 0 Å². The van der Waals surface area contributed by atoms with Crippen molar-refractivity contribution in [2.75, 3.05) is 13.2 Å². The predicted octanol–water partition coefficient (Wildman–Crippen LogP) is 6.79. The summed E-state index contributed by atoms with van der Waals surface area (Å²) in [5.41, 5.74) is -4.05. The highest BCUT2D eigenvalue weighted by atomic mass is 35.5. The van der Waals surface area contributed by atoms with Crippen molar-refractivity contribution in [2.45, 2.75) is 24.1 Å². The first-order valence-corrected chi connectivity index (χ1v) is 10.8. The molecule has 36 heavy (non-hydrogen) atoms. The minimum absolute atomic E-state index is 0.0391. The van der Waals surface area contributed by atoms with Gasteiger partial charge in [-0.25, -0.2) is 4.79 Å². The summed E-state index contributed by atoms with van der Waals surface area (Å²) in [5.74, 6) is -1.48. The molecular weight excluding hydrogens is 514 g/mol. The average molecular weight is 531 g/mol. The van der Waals surface area contributed by atoms with Crippen LogP contribution in [-0.4, -0.2) is 30.6 Å². The van der Waals surface area contributed by atoms with Crippen molar-refractivity contribution in [1.82, 2.24) is 0 Å². The van der Waals surface area contributed by atoms with E-state index in [1.807, 2.05) is 0 Å². The van der Waals surface area contributed by atoms with Crippen LogP contribution in [0.2, 0.25) is 5.02 Å². The molecule has 4 nitrogen and oxygen atoms in total. The van der Waals surface area contributed by atoms with Crippen LogP contribution in [0.25, 0.3) is 11.1 Å². The van der Waals surface area contributed by atoms with Gasteiger partial charge in [-0.15, -0.1) is 0 Å². The Bertz CT molecular complexity index is 1260. The van der Waals surface area contributed by atoms with Crippen LogP contribution in [0.1, 0.15) is 22.3 Å². The molecule has 1 heterocycles. The smallest absolute Gasteiger partial charge is 0.417 e. The van der Waals surface area contributed by atoms with E-state index in [1.165, 1.54) is 36.4 Å². The van der Waals surface area contributed by atoms with E-state index >= 15 is 0 Å². The van der Waals surface area contributed by atoms with E-state index < -0.39 is 54.4 Å². The molecule has 1 saturated heterocycles. The maximum Gasteiger partial charge on any atom is 0.417 e. The van der Waals surface area contributed by atoms with Crippen LogP contribution in [0.15, 0.2) is 66.7 Å². The van der Waals surface area contributed by atoms with Crippen LogP contribution >= 0.6 is 11.6 Å². The summed E-state index contributed by atoms with van der Waals surface area (Å²) in [6.45, 7) is -1.10. The average Bonchev–Trinajstić information content (AvgIpc) is 2.83. The zero-order valence-corrected chi connectivity index (χ0v) is 18.9. The number of hydrogen-bond acceptors (Lipinski definition) is 3. The predicted molar refractivity (Wildman–Crippen MR) is 117 cm³/mol. The number of carboxylic acids is 1. The van der Waals surface area contributed by atoms with Crippen LogP contribution in [0.4, 0.5) is 26.3 Å². The Kier molecular flexibility index (Phi) is 6.80. The van der Waals surface area contributed by atoms with Gasteiger partial charge in [-0.3, -0.25) is 0 Å². The first-order valence-electron chi connectivity index (χ1n) is 10.4. The molecule has 3 aromatic rings. The van der Waals surface area contributed by atoms with Gasteiger partial charge in [-0.05, 0) is 46.5 Å². The van der Waals surface area contributed by atoms with E-state index in [2.05, 4.69) is 0 Å². The Hall–Kier alpha value is -3.08. The van der Waals surface area contributed by atoms with Crippen molar-refractivity contribution >= 4 is 17.6 Å². The minimum atomic E-state index is -4.82. The van der Waals surface area contributed by atoms with Crippen LogP contribution in [-0.2, 0) is 32.0 Å². The number of aliphatic carboxylic acids is 1. The molecule has 190 valence electrons. The maximum atomic E-state index is 14.2. The molecule has 11 heteroatoms. The number of benzene rings is 3. The fourth-order valence-electron chi connectivity index (χ4n) is 4.25. The highest BCUT2D eigenvalue weighted by Crippen LogP contribution is 2.47. The molecule has 0 radical (unpaired) electrons. The lowest BCUT2D eigenvalue weighted by Crippen LogP contribution is -2.48. The molecule has 0 spiro atoms. The van der Waals surface area contributed by atoms with Gasteiger partial charge in [0, 0.05) is 5.02 Å². The first kappa shape index (κ1) is 26.0. The van der Waals surface area contributed by atoms with E-state index in [1.54, 1.807) is 0 Å². The first-order chi connectivity index (χ1) is 16.8. The van der Waals surface area contributed by atoms with Crippen molar-refractivity contribution < 1.29 is 45.7 Å². The van der Waals surface area contributed by atoms with E-state index in [0.29, 0.717) is 0 Å². The molecule has 1 aliphatic rings. The zero-order chi connectivity index (χ0) is 26.3. The third-order valence-corrected chi connectivity index (χ3v) is 6.18. The fraction of sp³-hybridized carbons (Fsp3) is 0.240. The molecule has 0 atom stereocenters. The Labute approximate surface area is 206 Å². The van der Waals surface area contributed by atoms with Gasteiger partial charge < -0.3 is 14.6 Å². The van der Waals surface area contributed by atoms with Gasteiger partial charge in [0.05, 0.1) is 29.8 Å². The summed E-state index contributed by atoms with van der Waals surface area (Å²) in [5, 5.41) is 9.52. The van der Waals surface area contributed by atoms with Gasteiger partial charge in [-0.2, -0.15) is 26.3 Å². The number of halogens is 7. The third kappa shape index (κ3) is 4.93. The summed E-state index contributed by atoms with van der Waals surface area (Å²) in [6.07, 6.45) is -11.3. The van der Waals surface area contributed by atoms with Crippen molar-refractivity contribution in [3.05, 3.63) is 94.0 Å². The summed E-state index contributed by atoms with van der Waals surface area (Å²) in [7, 11) is 0. The highest BCUT2D eigenvalue weighted by molar-refractivity contribution is 6.30. The second-order valence-electron chi connectivity index (χ2n) is 8.19. The Morgan fingerprint density at radius 3 is 2.06 bits per heavy atom. The second-order valence-corrected chi connectivity index (χ2v) is 8.62. The molecule has 0 saturated carbocycles. The van der Waals surface area contributed by atoms with Gasteiger partial charge >= 0.3 is 18.3 Å².